The molecule has 0 spiro atoms. The van der Waals surface area contributed by atoms with E-state index in [1.54, 1.807) is 23.1 Å². The predicted molar refractivity (Wildman–Crippen MR) is 78.2 cm³/mol. The van der Waals surface area contributed by atoms with Crippen LogP contribution in [0.15, 0.2) is 42.5 Å². The van der Waals surface area contributed by atoms with Crippen LogP contribution in [0.2, 0.25) is 0 Å². The molecule has 0 bridgehead atoms. The van der Waals surface area contributed by atoms with Crippen molar-refractivity contribution in [3.63, 3.8) is 0 Å². The van der Waals surface area contributed by atoms with Gasteiger partial charge in [-0.05, 0) is 36.2 Å². The molecule has 5 heteroatoms. The first-order valence-electron chi connectivity index (χ1n) is 6.99. The number of hydrogen-bond acceptors (Lipinski definition) is 3. The summed E-state index contributed by atoms with van der Waals surface area (Å²) in [6, 6.07) is 12.1. The minimum absolute atomic E-state index is 0.0574. The monoisotopic (exact) mass is 300 g/mol. The van der Waals surface area contributed by atoms with Gasteiger partial charge in [0.2, 0.25) is 0 Å². The van der Waals surface area contributed by atoms with E-state index in [1.165, 1.54) is 24.3 Å². The van der Waals surface area contributed by atoms with Gasteiger partial charge in [-0.15, -0.1) is 0 Å². The molecule has 0 radical (unpaired) electrons. The van der Waals surface area contributed by atoms with Crippen molar-refractivity contribution in [1.29, 1.82) is 5.26 Å². The van der Waals surface area contributed by atoms with Crippen LogP contribution in [-0.2, 0) is 0 Å². The summed E-state index contributed by atoms with van der Waals surface area (Å²) in [5.74, 6) is -0.960. The predicted octanol–water partition coefficient (Wildman–Crippen LogP) is 3.15. The van der Waals surface area contributed by atoms with E-state index in [-0.39, 0.29) is 24.0 Å². The zero-order valence-electron chi connectivity index (χ0n) is 11.7. The van der Waals surface area contributed by atoms with Crippen molar-refractivity contribution in [2.24, 2.45) is 0 Å². The molecule has 22 heavy (non-hydrogen) atoms. The van der Waals surface area contributed by atoms with Crippen LogP contribution in [0, 0.1) is 23.0 Å². The van der Waals surface area contributed by atoms with Gasteiger partial charge in [0, 0.05) is 6.54 Å². The number of nitrogens with zero attached hydrogens (tertiary/aromatic N) is 2. The molecule has 1 aliphatic rings. The number of rotatable bonds is 2. The summed E-state index contributed by atoms with van der Waals surface area (Å²) >= 11 is 0. The van der Waals surface area contributed by atoms with Crippen molar-refractivity contribution in [2.45, 2.75) is 18.6 Å². The van der Waals surface area contributed by atoms with Crippen molar-refractivity contribution in [3.8, 4) is 6.07 Å². The molecule has 0 unspecified atom stereocenters. The Morgan fingerprint density at radius 3 is 2.68 bits per heavy atom. The van der Waals surface area contributed by atoms with Gasteiger partial charge in [-0.2, -0.15) is 5.26 Å². The first kappa shape index (κ1) is 14.5. The highest BCUT2D eigenvalue weighted by Gasteiger charge is 2.34. The topological polar surface area (TPSA) is 47.3 Å². The Hall–Kier alpha value is -2.45. The molecule has 0 aromatic heterocycles. The lowest BCUT2D eigenvalue weighted by molar-refractivity contribution is 0.194. The normalized spacial score (nSPS) is 20.9. The summed E-state index contributed by atoms with van der Waals surface area (Å²) in [6.07, 6.45) is -0.201. The molecular formula is C17H14F2N2O. The maximum atomic E-state index is 13.8. The highest BCUT2D eigenvalue weighted by molar-refractivity contribution is 5.62. The minimum atomic E-state index is -0.608. The number of aliphatic hydroxyl groups is 1. The average Bonchev–Trinajstić information content (AvgIpc) is 2.89. The molecule has 1 heterocycles. The fourth-order valence-corrected chi connectivity index (χ4v) is 2.97. The number of anilines is 1. The van der Waals surface area contributed by atoms with Gasteiger partial charge in [-0.25, -0.2) is 8.78 Å². The van der Waals surface area contributed by atoms with Crippen LogP contribution >= 0.6 is 0 Å². The quantitative estimate of drug-likeness (QED) is 0.927. The fourth-order valence-electron chi connectivity index (χ4n) is 2.97. The maximum Gasteiger partial charge on any atom is 0.143 e. The second-order valence-corrected chi connectivity index (χ2v) is 5.36. The summed E-state index contributed by atoms with van der Waals surface area (Å²) in [4.78, 5) is 1.76. The molecule has 0 aliphatic carbocycles. The Morgan fingerprint density at radius 1 is 1.18 bits per heavy atom. The van der Waals surface area contributed by atoms with Crippen LogP contribution < -0.4 is 4.90 Å². The Kier molecular flexibility index (Phi) is 3.78. The van der Waals surface area contributed by atoms with Gasteiger partial charge < -0.3 is 10.0 Å². The van der Waals surface area contributed by atoms with E-state index >= 15 is 0 Å². The molecule has 2 atom stereocenters. The van der Waals surface area contributed by atoms with Crippen LogP contribution in [0.4, 0.5) is 14.5 Å². The van der Waals surface area contributed by atoms with Gasteiger partial charge in [-0.1, -0.05) is 18.2 Å². The van der Waals surface area contributed by atoms with E-state index in [1.807, 2.05) is 6.07 Å². The SMILES string of the molecule is N#Cc1c(F)cccc1N1C[C@@H](O)C[C@@H]1c1cccc(F)c1. The molecule has 2 aromatic rings. The molecule has 1 aliphatic heterocycles. The Balaban J connectivity index is 2.06. The molecule has 1 saturated heterocycles. The van der Waals surface area contributed by atoms with Crippen LogP contribution in [-0.4, -0.2) is 17.8 Å². The van der Waals surface area contributed by atoms with Crippen molar-refractivity contribution >= 4 is 5.69 Å². The molecule has 0 saturated carbocycles. The first-order chi connectivity index (χ1) is 10.6. The minimum Gasteiger partial charge on any atom is -0.391 e. The second kappa shape index (κ2) is 5.74. The third-order valence-corrected chi connectivity index (χ3v) is 3.93. The van der Waals surface area contributed by atoms with Crippen LogP contribution in [0.1, 0.15) is 23.6 Å². The lowest BCUT2D eigenvalue weighted by atomic mass is 10.0. The average molecular weight is 300 g/mol. The highest BCUT2D eigenvalue weighted by atomic mass is 19.1. The summed E-state index contributed by atoms with van der Waals surface area (Å²) in [5, 5.41) is 19.2. The molecular weight excluding hydrogens is 286 g/mol. The van der Waals surface area contributed by atoms with Gasteiger partial charge in [0.05, 0.1) is 17.8 Å². The molecule has 3 rings (SSSR count). The molecule has 2 aromatic carbocycles. The Labute approximate surface area is 127 Å². The van der Waals surface area contributed by atoms with Gasteiger partial charge in [0.15, 0.2) is 0 Å². The van der Waals surface area contributed by atoms with E-state index in [4.69, 9.17) is 0 Å². The Morgan fingerprint density at radius 2 is 1.95 bits per heavy atom. The third kappa shape index (κ3) is 2.53. The van der Waals surface area contributed by atoms with E-state index < -0.39 is 11.9 Å². The largest absolute Gasteiger partial charge is 0.391 e. The second-order valence-electron chi connectivity index (χ2n) is 5.36. The van der Waals surface area contributed by atoms with Gasteiger partial charge >= 0.3 is 0 Å². The standard InChI is InChI=1S/C17H14F2N2O/c18-12-4-1-3-11(7-12)17-8-13(22)10-21(17)16-6-2-5-15(19)14(16)9-20/h1-7,13,17,22H,8,10H2/t13-,17+/m0/s1. The number of benzene rings is 2. The molecule has 3 nitrogen and oxygen atoms in total. The number of nitriles is 1. The van der Waals surface area contributed by atoms with E-state index in [0.29, 0.717) is 17.7 Å². The van der Waals surface area contributed by atoms with Crippen LogP contribution in [0.25, 0.3) is 0 Å². The Bertz CT molecular complexity index is 742. The van der Waals surface area contributed by atoms with Crippen LogP contribution in [0.5, 0.6) is 0 Å². The highest BCUT2D eigenvalue weighted by Crippen LogP contribution is 2.38. The number of halogens is 2. The van der Waals surface area contributed by atoms with Crippen molar-refractivity contribution in [1.82, 2.24) is 0 Å². The zero-order valence-corrected chi connectivity index (χ0v) is 11.7. The van der Waals surface area contributed by atoms with Gasteiger partial charge in [0.1, 0.15) is 23.3 Å². The van der Waals surface area contributed by atoms with Crippen LogP contribution in [0.3, 0.4) is 0 Å². The molecule has 0 amide bonds. The van der Waals surface area contributed by atoms with Crippen molar-refractivity contribution in [3.05, 3.63) is 65.2 Å². The molecule has 1 N–H and O–H groups in total. The first-order valence-corrected chi connectivity index (χ1v) is 6.99. The summed E-state index contributed by atoms with van der Waals surface area (Å²) in [6.45, 7) is 0.277. The lowest BCUT2D eigenvalue weighted by Crippen LogP contribution is -2.25. The summed E-state index contributed by atoms with van der Waals surface area (Å²) < 4.78 is 27.3. The smallest absolute Gasteiger partial charge is 0.143 e. The summed E-state index contributed by atoms with van der Waals surface area (Å²) in [7, 11) is 0. The molecule has 1 fully saturated rings. The maximum absolute atomic E-state index is 13.8. The van der Waals surface area contributed by atoms with Gasteiger partial charge in [-0.3, -0.25) is 0 Å². The zero-order chi connectivity index (χ0) is 15.7. The van der Waals surface area contributed by atoms with E-state index in [0.717, 1.165) is 0 Å². The number of aliphatic hydroxyl groups excluding tert-OH is 1. The number of hydrogen-bond donors (Lipinski definition) is 1. The van der Waals surface area contributed by atoms with E-state index in [2.05, 4.69) is 0 Å². The van der Waals surface area contributed by atoms with Gasteiger partial charge in [0.25, 0.3) is 0 Å². The summed E-state index contributed by atoms with van der Waals surface area (Å²) in [5.41, 5.74) is 1.07. The number of β-amino-alcohol motifs (C(OH)–C–C–N with tert-alkyl or cyclic N) is 1. The van der Waals surface area contributed by atoms with E-state index in [9.17, 15) is 19.1 Å². The van der Waals surface area contributed by atoms with Crippen molar-refractivity contribution < 1.29 is 13.9 Å². The molecule has 112 valence electrons. The fraction of sp³-hybridized carbons (Fsp3) is 0.235. The lowest BCUT2D eigenvalue weighted by Gasteiger charge is -2.27. The van der Waals surface area contributed by atoms with Crippen molar-refractivity contribution in [2.75, 3.05) is 11.4 Å². The third-order valence-electron chi connectivity index (χ3n) is 3.93.